The van der Waals surface area contributed by atoms with Crippen LogP contribution in [0.3, 0.4) is 0 Å². The van der Waals surface area contributed by atoms with Crippen LogP contribution >= 0.6 is 23.5 Å². The molecule has 0 aliphatic carbocycles. The average Bonchev–Trinajstić information content (AvgIpc) is 2.84. The Hall–Kier alpha value is -1.89. The minimum absolute atomic E-state index is 0.227. The number of pyridine rings is 1. The second kappa shape index (κ2) is 14.0. The molecule has 0 saturated carbocycles. The summed E-state index contributed by atoms with van der Waals surface area (Å²) in [5, 5.41) is 0. The number of aromatic nitrogens is 1. The van der Waals surface area contributed by atoms with Gasteiger partial charge in [0.25, 0.3) is 0 Å². The third kappa shape index (κ3) is 9.69. The first-order valence-corrected chi connectivity index (χ1v) is 17.5. The summed E-state index contributed by atoms with van der Waals surface area (Å²) in [7, 11) is -7.10. The van der Waals surface area contributed by atoms with Gasteiger partial charge in [0, 0.05) is 35.1 Å². The summed E-state index contributed by atoms with van der Waals surface area (Å²) < 4.78 is 55.7. The van der Waals surface area contributed by atoms with Gasteiger partial charge in [-0.3, -0.25) is 4.98 Å². The summed E-state index contributed by atoms with van der Waals surface area (Å²) in [4.78, 5) is 5.24. The molecule has 3 rings (SSSR count). The molecular weight excluding hydrogens is 559 g/mol. The van der Waals surface area contributed by atoms with Crippen LogP contribution in [0, 0.1) is 13.8 Å². The van der Waals surface area contributed by atoms with Gasteiger partial charge in [0.05, 0.1) is 21.2 Å². The van der Waals surface area contributed by atoms with Crippen LogP contribution in [-0.2, 0) is 31.6 Å². The predicted molar refractivity (Wildman–Crippen MR) is 158 cm³/mol. The van der Waals surface area contributed by atoms with Gasteiger partial charge < -0.3 is 0 Å². The van der Waals surface area contributed by atoms with Crippen molar-refractivity contribution in [1.29, 1.82) is 0 Å². The van der Waals surface area contributed by atoms with E-state index in [-0.39, 0.29) is 21.9 Å². The van der Waals surface area contributed by atoms with E-state index in [1.54, 1.807) is 72.1 Å². The van der Waals surface area contributed by atoms with Gasteiger partial charge in [-0.25, -0.2) is 26.3 Å². The highest BCUT2D eigenvalue weighted by atomic mass is 32.2. The Morgan fingerprint density at radius 3 is 1.39 bits per heavy atom. The van der Waals surface area contributed by atoms with Crippen molar-refractivity contribution < 1.29 is 16.8 Å². The number of rotatable bonds is 14. The van der Waals surface area contributed by atoms with Gasteiger partial charge in [0.1, 0.15) is 0 Å². The first-order chi connectivity index (χ1) is 17.9. The van der Waals surface area contributed by atoms with Crippen LogP contribution in [0.5, 0.6) is 0 Å². The molecule has 2 atom stereocenters. The highest BCUT2D eigenvalue weighted by Gasteiger charge is 2.18. The molecule has 0 aliphatic rings. The zero-order chi connectivity index (χ0) is 27.8. The maximum absolute atomic E-state index is 12.6. The largest absolute Gasteiger partial charge is 0.256 e. The Morgan fingerprint density at radius 2 is 1.03 bits per heavy atom. The molecule has 0 saturated heterocycles. The number of thioether (sulfide) groups is 2. The third-order valence-electron chi connectivity index (χ3n) is 5.48. The van der Waals surface area contributed by atoms with Gasteiger partial charge in [-0.1, -0.05) is 41.5 Å². The van der Waals surface area contributed by atoms with Gasteiger partial charge in [0.2, 0.25) is 20.0 Å². The van der Waals surface area contributed by atoms with Crippen LogP contribution in [0.2, 0.25) is 0 Å². The van der Waals surface area contributed by atoms with E-state index >= 15 is 0 Å². The fourth-order valence-corrected chi connectivity index (χ4v) is 8.09. The van der Waals surface area contributed by atoms with Crippen molar-refractivity contribution in [3.63, 3.8) is 0 Å². The fourth-order valence-electron chi connectivity index (χ4n) is 3.54. The molecular formula is C27H35N3O4S4. The van der Waals surface area contributed by atoms with Gasteiger partial charge in [0.15, 0.2) is 0 Å². The number of nitrogens with zero attached hydrogens (tertiary/aromatic N) is 1. The molecule has 0 fully saturated rings. The number of hydrogen-bond donors (Lipinski definition) is 2. The van der Waals surface area contributed by atoms with Crippen molar-refractivity contribution in [1.82, 2.24) is 14.4 Å². The van der Waals surface area contributed by atoms with E-state index in [0.29, 0.717) is 23.0 Å². The molecule has 0 spiro atoms. The summed E-state index contributed by atoms with van der Waals surface area (Å²) in [6.07, 6.45) is 0. The fraction of sp³-hybridized carbons (Fsp3) is 0.370. The van der Waals surface area contributed by atoms with Crippen LogP contribution in [0.4, 0.5) is 0 Å². The zero-order valence-electron chi connectivity index (χ0n) is 22.0. The number of benzene rings is 2. The van der Waals surface area contributed by atoms with E-state index in [0.717, 1.165) is 22.5 Å². The maximum Gasteiger partial charge on any atom is 0.240 e. The quantitative estimate of drug-likeness (QED) is 0.274. The normalized spacial score (nSPS) is 13.8. The average molecular weight is 594 g/mol. The Morgan fingerprint density at radius 1 is 0.658 bits per heavy atom. The third-order valence-corrected chi connectivity index (χ3v) is 11.2. The molecule has 11 heteroatoms. The monoisotopic (exact) mass is 593 g/mol. The Balaban J connectivity index is 1.42. The Kier molecular flexibility index (Phi) is 11.3. The van der Waals surface area contributed by atoms with Crippen LogP contribution in [-0.4, -0.2) is 45.4 Å². The molecule has 0 amide bonds. The topological polar surface area (TPSA) is 105 Å². The maximum atomic E-state index is 12.6. The SMILES string of the molecule is Cc1ccc(S(=O)(=O)N[C@@H](C)CSCc2cccc(CSC[C@H](C)NS(=O)(=O)c3ccc(C)cc3)n2)cc1. The summed E-state index contributed by atoms with van der Waals surface area (Å²) >= 11 is 3.24. The molecule has 2 N–H and O–H groups in total. The lowest BCUT2D eigenvalue weighted by Gasteiger charge is -2.15. The minimum atomic E-state index is -3.55. The van der Waals surface area contributed by atoms with Crippen molar-refractivity contribution in [3.05, 3.63) is 89.2 Å². The van der Waals surface area contributed by atoms with Crippen molar-refractivity contribution in [2.45, 2.75) is 61.1 Å². The second-order valence-electron chi connectivity index (χ2n) is 9.32. The van der Waals surface area contributed by atoms with Crippen molar-refractivity contribution >= 4 is 43.6 Å². The van der Waals surface area contributed by atoms with E-state index in [4.69, 9.17) is 4.98 Å². The lowest BCUT2D eigenvalue weighted by Crippen LogP contribution is -2.34. The van der Waals surface area contributed by atoms with Crippen molar-refractivity contribution in [2.24, 2.45) is 0 Å². The van der Waals surface area contributed by atoms with E-state index in [1.165, 1.54) is 0 Å². The minimum Gasteiger partial charge on any atom is -0.256 e. The zero-order valence-corrected chi connectivity index (χ0v) is 25.3. The molecule has 0 bridgehead atoms. The highest BCUT2D eigenvalue weighted by Crippen LogP contribution is 2.18. The van der Waals surface area contributed by atoms with Crippen molar-refractivity contribution in [3.8, 4) is 0 Å². The highest BCUT2D eigenvalue weighted by molar-refractivity contribution is 7.98. The van der Waals surface area contributed by atoms with Crippen LogP contribution in [0.25, 0.3) is 0 Å². The summed E-state index contributed by atoms with van der Waals surface area (Å²) in [6, 6.07) is 19.0. The van der Waals surface area contributed by atoms with E-state index in [9.17, 15) is 16.8 Å². The first-order valence-electron chi connectivity index (χ1n) is 12.2. The summed E-state index contributed by atoms with van der Waals surface area (Å²) in [5.74, 6) is 2.57. The van der Waals surface area contributed by atoms with E-state index in [2.05, 4.69) is 9.44 Å². The van der Waals surface area contributed by atoms with E-state index in [1.807, 2.05) is 45.9 Å². The Labute approximate surface area is 235 Å². The smallest absolute Gasteiger partial charge is 0.240 e. The lowest BCUT2D eigenvalue weighted by atomic mass is 10.2. The second-order valence-corrected chi connectivity index (χ2v) is 14.8. The van der Waals surface area contributed by atoms with Gasteiger partial charge in [-0.05, 0) is 64.1 Å². The number of aryl methyl sites for hydroxylation is 2. The first kappa shape index (κ1) is 30.6. The molecule has 0 aliphatic heterocycles. The molecule has 38 heavy (non-hydrogen) atoms. The number of sulfonamides is 2. The molecule has 7 nitrogen and oxygen atoms in total. The number of hydrogen-bond acceptors (Lipinski definition) is 7. The summed E-state index contributed by atoms with van der Waals surface area (Å²) in [5.41, 5.74) is 3.88. The molecule has 1 heterocycles. The van der Waals surface area contributed by atoms with Crippen LogP contribution in [0.1, 0.15) is 36.4 Å². The van der Waals surface area contributed by atoms with Crippen molar-refractivity contribution in [2.75, 3.05) is 11.5 Å². The molecule has 0 radical (unpaired) electrons. The number of nitrogens with one attached hydrogen (secondary N) is 2. The molecule has 0 unspecified atom stereocenters. The van der Waals surface area contributed by atoms with Crippen LogP contribution < -0.4 is 9.44 Å². The Bertz CT molecular complexity index is 1290. The predicted octanol–water partition coefficient (Wildman–Crippen LogP) is 4.90. The van der Waals surface area contributed by atoms with Gasteiger partial charge in [-0.2, -0.15) is 23.5 Å². The summed E-state index contributed by atoms with van der Waals surface area (Å²) in [6.45, 7) is 7.55. The van der Waals surface area contributed by atoms with E-state index < -0.39 is 20.0 Å². The lowest BCUT2D eigenvalue weighted by molar-refractivity contribution is 0.569. The molecule has 2 aromatic carbocycles. The standard InChI is InChI=1S/C27H35N3O4S4/c1-20-8-12-26(13-9-20)37(31,32)29-22(3)16-35-18-24-6-5-7-25(28-24)19-36-17-23(4)30-38(33,34)27-14-10-21(2)11-15-27/h5-15,22-23,29-30H,16-19H2,1-4H3/t22-,23-/m0/s1. The van der Waals surface area contributed by atoms with Crippen LogP contribution in [0.15, 0.2) is 76.5 Å². The van der Waals surface area contributed by atoms with Gasteiger partial charge >= 0.3 is 0 Å². The molecule has 1 aromatic heterocycles. The van der Waals surface area contributed by atoms with Gasteiger partial charge in [-0.15, -0.1) is 0 Å². The molecule has 206 valence electrons. The molecule has 3 aromatic rings.